The lowest BCUT2D eigenvalue weighted by molar-refractivity contribution is -0.146. The molecular weight excluding hydrogens is 244 g/mol. The van der Waals surface area contributed by atoms with Crippen LogP contribution in [0.4, 0.5) is 0 Å². The van der Waals surface area contributed by atoms with Crippen LogP contribution in [0.2, 0.25) is 0 Å². The Labute approximate surface area is 94.4 Å². The van der Waals surface area contributed by atoms with Gasteiger partial charge in [0.15, 0.2) is 0 Å². The quantitative estimate of drug-likeness (QED) is 0.296. The van der Waals surface area contributed by atoms with Gasteiger partial charge in [-0.3, -0.25) is 4.79 Å². The van der Waals surface area contributed by atoms with Crippen LogP contribution in [0, 0.1) is 0 Å². The minimum absolute atomic E-state index is 0.0829. The molecule has 0 radical (unpaired) electrons. The molecule has 3 N–H and O–H groups in total. The Morgan fingerprint density at radius 1 is 1.33 bits per heavy atom. The molecule has 0 spiro atoms. The average molecular weight is 256 g/mol. The van der Waals surface area contributed by atoms with Crippen LogP contribution in [0.15, 0.2) is 0 Å². The van der Waals surface area contributed by atoms with Crippen LogP contribution in [0.3, 0.4) is 0 Å². The Morgan fingerprint density at radius 3 is 2.53 bits per heavy atom. The van der Waals surface area contributed by atoms with Crippen LogP contribution >= 0.6 is 21.6 Å². The van der Waals surface area contributed by atoms with Gasteiger partial charge in [0.1, 0.15) is 19.3 Å². The lowest BCUT2D eigenvalue weighted by Gasteiger charge is -2.04. The number of carbonyl (C=O) groups is 2. The fourth-order valence-electron chi connectivity index (χ4n) is 0.465. The monoisotopic (exact) mass is 256 g/mol. The second-order valence-corrected chi connectivity index (χ2v) is 4.72. The summed E-state index contributed by atoms with van der Waals surface area (Å²) in [6, 6.07) is 0. The lowest BCUT2D eigenvalue weighted by Crippen LogP contribution is -2.20. The van der Waals surface area contributed by atoms with Crippen molar-refractivity contribution in [3.05, 3.63) is 0 Å². The number of ether oxygens (including phenoxy) is 1. The Morgan fingerprint density at radius 2 is 2.00 bits per heavy atom. The van der Waals surface area contributed by atoms with E-state index >= 15 is 0 Å². The molecule has 0 saturated heterocycles. The van der Waals surface area contributed by atoms with Gasteiger partial charge in [-0.15, -0.1) is 0 Å². The third-order valence-electron chi connectivity index (χ3n) is 1.14. The van der Waals surface area contributed by atoms with E-state index in [1.807, 2.05) is 0 Å². The van der Waals surface area contributed by atoms with Crippen molar-refractivity contribution in [1.82, 2.24) is 0 Å². The van der Waals surface area contributed by atoms with Gasteiger partial charge < -0.3 is 20.1 Å². The number of rotatable bonds is 7. The highest BCUT2D eigenvalue weighted by Gasteiger charge is 2.14. The SMILES string of the molecule is O=C(CO)OCCSSC(=O)C(O)CO. The first-order chi connectivity index (χ1) is 7.11. The first-order valence-corrected chi connectivity index (χ1v) is 6.32. The molecule has 0 bridgehead atoms. The van der Waals surface area contributed by atoms with E-state index in [2.05, 4.69) is 4.74 Å². The van der Waals surface area contributed by atoms with Crippen LogP contribution in [0.1, 0.15) is 0 Å². The molecule has 1 atom stereocenters. The maximum Gasteiger partial charge on any atom is 0.331 e. The molecule has 0 aromatic rings. The summed E-state index contributed by atoms with van der Waals surface area (Å²) in [5, 5.41) is 25.0. The van der Waals surface area contributed by atoms with Crippen molar-refractivity contribution in [2.45, 2.75) is 6.10 Å². The maximum atomic E-state index is 10.9. The molecule has 0 aromatic heterocycles. The Kier molecular flexibility index (Phi) is 8.82. The van der Waals surface area contributed by atoms with E-state index in [1.165, 1.54) is 0 Å². The van der Waals surface area contributed by atoms with Crippen molar-refractivity contribution in [1.29, 1.82) is 0 Å². The summed E-state index contributed by atoms with van der Waals surface area (Å²) in [5.74, 6) is -0.359. The minimum Gasteiger partial charge on any atom is -0.463 e. The molecule has 0 aliphatic carbocycles. The van der Waals surface area contributed by atoms with E-state index in [0.29, 0.717) is 5.75 Å². The summed E-state index contributed by atoms with van der Waals surface area (Å²) in [6.07, 6.45) is -1.37. The van der Waals surface area contributed by atoms with Crippen LogP contribution in [-0.2, 0) is 14.3 Å². The van der Waals surface area contributed by atoms with Crippen molar-refractivity contribution in [2.75, 3.05) is 25.6 Å². The predicted molar refractivity (Wildman–Crippen MR) is 56.2 cm³/mol. The summed E-state index contributed by atoms with van der Waals surface area (Å²) in [7, 11) is 1.88. The van der Waals surface area contributed by atoms with Gasteiger partial charge in [-0.05, 0) is 10.8 Å². The topological polar surface area (TPSA) is 104 Å². The molecule has 0 fully saturated rings. The number of aliphatic hydroxyl groups excluding tert-OH is 3. The van der Waals surface area contributed by atoms with E-state index < -0.39 is 30.4 Å². The number of esters is 1. The highest BCUT2D eigenvalue weighted by Crippen LogP contribution is 2.23. The van der Waals surface area contributed by atoms with Crippen molar-refractivity contribution >= 4 is 32.7 Å². The van der Waals surface area contributed by atoms with Gasteiger partial charge in [0.25, 0.3) is 0 Å². The van der Waals surface area contributed by atoms with Gasteiger partial charge in [0.05, 0.1) is 6.61 Å². The Bertz CT molecular complexity index is 210. The molecule has 0 aliphatic heterocycles. The summed E-state index contributed by atoms with van der Waals surface area (Å²) < 4.78 is 4.51. The molecular formula is C7H12O6S2. The van der Waals surface area contributed by atoms with Crippen LogP contribution < -0.4 is 0 Å². The lowest BCUT2D eigenvalue weighted by atomic mass is 10.4. The third-order valence-corrected chi connectivity index (χ3v) is 3.38. The molecule has 6 nitrogen and oxygen atoms in total. The van der Waals surface area contributed by atoms with E-state index in [-0.39, 0.29) is 6.61 Å². The summed E-state index contributed by atoms with van der Waals surface area (Å²) >= 11 is 0. The summed E-state index contributed by atoms with van der Waals surface area (Å²) in [6.45, 7) is -1.19. The number of hydrogen-bond donors (Lipinski definition) is 3. The van der Waals surface area contributed by atoms with E-state index in [1.54, 1.807) is 0 Å². The fourth-order valence-corrected chi connectivity index (χ4v) is 2.14. The number of aliphatic hydroxyl groups is 3. The molecule has 88 valence electrons. The van der Waals surface area contributed by atoms with Crippen LogP contribution in [0.5, 0.6) is 0 Å². The summed E-state index contributed by atoms with van der Waals surface area (Å²) in [5.41, 5.74) is 0. The van der Waals surface area contributed by atoms with Gasteiger partial charge in [-0.1, -0.05) is 10.8 Å². The summed E-state index contributed by atoms with van der Waals surface area (Å²) in [4.78, 5) is 21.3. The zero-order valence-corrected chi connectivity index (χ0v) is 9.42. The molecule has 0 heterocycles. The smallest absolute Gasteiger partial charge is 0.331 e. The minimum atomic E-state index is -1.37. The van der Waals surface area contributed by atoms with Crippen molar-refractivity contribution in [3.63, 3.8) is 0 Å². The number of hydrogen-bond acceptors (Lipinski definition) is 8. The first kappa shape index (κ1) is 14.7. The predicted octanol–water partition coefficient (Wildman–Crippen LogP) is -1.22. The third kappa shape index (κ3) is 7.63. The van der Waals surface area contributed by atoms with Crippen LogP contribution in [0.25, 0.3) is 0 Å². The molecule has 1 unspecified atom stereocenters. The normalized spacial score (nSPS) is 12.2. The van der Waals surface area contributed by atoms with Gasteiger partial charge in [0, 0.05) is 5.75 Å². The van der Waals surface area contributed by atoms with Gasteiger partial charge in [0.2, 0.25) is 5.12 Å². The van der Waals surface area contributed by atoms with Crippen LogP contribution in [-0.4, -0.2) is 58.1 Å². The molecule has 0 aromatic carbocycles. The van der Waals surface area contributed by atoms with Gasteiger partial charge >= 0.3 is 5.97 Å². The maximum absolute atomic E-state index is 10.9. The molecule has 0 saturated carbocycles. The zero-order valence-electron chi connectivity index (χ0n) is 7.79. The average Bonchev–Trinajstić information content (AvgIpc) is 2.26. The Balaban J connectivity index is 3.39. The number of carbonyl (C=O) groups excluding carboxylic acids is 2. The first-order valence-electron chi connectivity index (χ1n) is 4.00. The molecule has 0 rings (SSSR count). The van der Waals surface area contributed by atoms with E-state index in [4.69, 9.17) is 15.3 Å². The van der Waals surface area contributed by atoms with Gasteiger partial charge in [-0.25, -0.2) is 4.79 Å². The molecule has 0 amide bonds. The van der Waals surface area contributed by atoms with Crippen molar-refractivity contribution < 1.29 is 29.6 Å². The highest BCUT2D eigenvalue weighted by molar-refractivity contribution is 8.82. The van der Waals surface area contributed by atoms with Crippen molar-refractivity contribution in [2.24, 2.45) is 0 Å². The molecule has 0 aliphatic rings. The fraction of sp³-hybridized carbons (Fsp3) is 0.714. The highest BCUT2D eigenvalue weighted by atomic mass is 33.1. The molecule has 8 heteroatoms. The largest absolute Gasteiger partial charge is 0.463 e. The Hall–Kier alpha value is -0.280. The van der Waals surface area contributed by atoms with Gasteiger partial charge in [-0.2, -0.15) is 0 Å². The second kappa shape index (κ2) is 8.98. The van der Waals surface area contributed by atoms with Crippen molar-refractivity contribution in [3.8, 4) is 0 Å². The van der Waals surface area contributed by atoms with E-state index in [0.717, 1.165) is 21.6 Å². The second-order valence-electron chi connectivity index (χ2n) is 2.30. The van der Waals surface area contributed by atoms with E-state index in [9.17, 15) is 9.59 Å². The standard InChI is InChI=1S/C7H12O6S2/c8-3-5(10)7(12)15-14-2-1-13-6(11)4-9/h5,8-10H,1-4H2. The zero-order chi connectivity index (χ0) is 11.7. The molecule has 15 heavy (non-hydrogen) atoms.